The van der Waals surface area contributed by atoms with E-state index in [4.69, 9.17) is 0 Å². The van der Waals surface area contributed by atoms with Crippen molar-refractivity contribution in [2.75, 3.05) is 25.0 Å². The van der Waals surface area contributed by atoms with Crippen LogP contribution in [-0.4, -0.2) is 45.6 Å². The highest BCUT2D eigenvalue weighted by atomic mass is 16.1. The van der Waals surface area contributed by atoms with Crippen LogP contribution in [0.15, 0.2) is 12.4 Å². The fourth-order valence-corrected chi connectivity index (χ4v) is 2.17. The first kappa shape index (κ1) is 10.9. The van der Waals surface area contributed by atoms with Crippen molar-refractivity contribution in [1.29, 1.82) is 0 Å². The van der Waals surface area contributed by atoms with E-state index in [-0.39, 0.29) is 11.8 Å². The topological polar surface area (TPSA) is 75.4 Å². The van der Waals surface area contributed by atoms with E-state index < -0.39 is 0 Å². The van der Waals surface area contributed by atoms with Crippen molar-refractivity contribution in [3.63, 3.8) is 0 Å². The summed E-state index contributed by atoms with van der Waals surface area (Å²) in [6, 6.07) is 0. The summed E-state index contributed by atoms with van der Waals surface area (Å²) in [7, 11) is 1.66. The van der Waals surface area contributed by atoms with Crippen LogP contribution in [0, 0.1) is 12.8 Å². The van der Waals surface area contributed by atoms with Gasteiger partial charge in [0, 0.05) is 32.5 Å². The van der Waals surface area contributed by atoms with Crippen LogP contribution in [0.25, 0.3) is 5.65 Å². The van der Waals surface area contributed by atoms with Gasteiger partial charge in [0.1, 0.15) is 5.82 Å². The number of rotatable bonds is 2. The van der Waals surface area contributed by atoms with Gasteiger partial charge in [-0.15, -0.1) is 10.2 Å². The van der Waals surface area contributed by atoms with Crippen LogP contribution in [0.4, 0.5) is 5.82 Å². The Balaban J connectivity index is 1.87. The number of nitrogens with one attached hydrogen (secondary N) is 1. The average Bonchev–Trinajstić information content (AvgIpc) is 2.70. The van der Waals surface area contributed by atoms with Gasteiger partial charge in [-0.1, -0.05) is 0 Å². The Labute approximate surface area is 104 Å². The molecule has 1 saturated heterocycles. The number of fused-ring (bicyclic) bond motifs is 1. The molecule has 94 valence electrons. The molecular formula is C11H14N6O. The lowest BCUT2D eigenvalue weighted by molar-refractivity contribution is -0.125. The van der Waals surface area contributed by atoms with Crippen LogP contribution in [0.2, 0.25) is 0 Å². The van der Waals surface area contributed by atoms with Gasteiger partial charge in [0.25, 0.3) is 0 Å². The molecule has 0 aliphatic carbocycles. The SMILES string of the molecule is CNC(=O)C1CN(c2nccn3c(C)nnc23)C1. The molecule has 3 rings (SSSR count). The fourth-order valence-electron chi connectivity index (χ4n) is 2.17. The number of hydrogen-bond donors (Lipinski definition) is 1. The molecule has 0 bridgehead atoms. The first-order chi connectivity index (χ1) is 8.70. The standard InChI is InChI=1S/C11H14N6O/c1-7-14-15-10-9(13-3-4-17(7)10)16-5-8(6-16)11(18)12-2/h3-4,8H,5-6H2,1-2H3,(H,12,18). The Hall–Kier alpha value is -2.18. The third-order valence-electron chi connectivity index (χ3n) is 3.28. The highest BCUT2D eigenvalue weighted by Gasteiger charge is 2.34. The lowest BCUT2D eigenvalue weighted by atomic mass is 9.99. The van der Waals surface area contributed by atoms with Gasteiger partial charge in [0.2, 0.25) is 11.6 Å². The maximum Gasteiger partial charge on any atom is 0.226 e. The molecule has 0 aromatic carbocycles. The minimum Gasteiger partial charge on any atom is -0.359 e. The van der Waals surface area contributed by atoms with Crippen molar-refractivity contribution >= 4 is 17.4 Å². The predicted molar refractivity (Wildman–Crippen MR) is 65.3 cm³/mol. The second kappa shape index (κ2) is 3.94. The monoisotopic (exact) mass is 246 g/mol. The van der Waals surface area contributed by atoms with Gasteiger partial charge in [-0.05, 0) is 6.92 Å². The van der Waals surface area contributed by atoms with E-state index in [1.54, 1.807) is 13.2 Å². The van der Waals surface area contributed by atoms with E-state index in [0.717, 1.165) is 17.3 Å². The molecular weight excluding hydrogens is 232 g/mol. The molecule has 0 saturated carbocycles. The van der Waals surface area contributed by atoms with Crippen molar-refractivity contribution < 1.29 is 4.79 Å². The molecule has 1 N–H and O–H groups in total. The van der Waals surface area contributed by atoms with Gasteiger partial charge in [0.05, 0.1) is 5.92 Å². The lowest BCUT2D eigenvalue weighted by Gasteiger charge is -2.38. The first-order valence-electron chi connectivity index (χ1n) is 5.83. The van der Waals surface area contributed by atoms with Crippen molar-refractivity contribution in [1.82, 2.24) is 24.9 Å². The third-order valence-corrected chi connectivity index (χ3v) is 3.28. The van der Waals surface area contributed by atoms with Crippen LogP contribution in [-0.2, 0) is 4.79 Å². The summed E-state index contributed by atoms with van der Waals surface area (Å²) < 4.78 is 1.90. The van der Waals surface area contributed by atoms with Gasteiger partial charge >= 0.3 is 0 Å². The summed E-state index contributed by atoms with van der Waals surface area (Å²) in [6.07, 6.45) is 3.57. The van der Waals surface area contributed by atoms with E-state index in [0.29, 0.717) is 13.1 Å². The van der Waals surface area contributed by atoms with Crippen LogP contribution in [0.5, 0.6) is 0 Å². The van der Waals surface area contributed by atoms with Crippen LogP contribution in [0.3, 0.4) is 0 Å². The Bertz CT molecular complexity index is 601. The summed E-state index contributed by atoms with van der Waals surface area (Å²) >= 11 is 0. The maximum absolute atomic E-state index is 11.4. The van der Waals surface area contributed by atoms with Gasteiger partial charge in [-0.3, -0.25) is 9.20 Å². The highest BCUT2D eigenvalue weighted by Crippen LogP contribution is 2.25. The summed E-state index contributed by atoms with van der Waals surface area (Å²) in [4.78, 5) is 17.8. The molecule has 2 aromatic rings. The Kier molecular flexibility index (Phi) is 2.39. The van der Waals surface area contributed by atoms with Crippen LogP contribution in [0.1, 0.15) is 5.82 Å². The number of aryl methyl sites for hydroxylation is 1. The molecule has 0 atom stereocenters. The second-order valence-electron chi connectivity index (χ2n) is 4.41. The third kappa shape index (κ3) is 1.51. The molecule has 0 unspecified atom stereocenters. The quantitative estimate of drug-likeness (QED) is 0.781. The van der Waals surface area contributed by atoms with E-state index in [9.17, 15) is 4.79 Å². The molecule has 7 nitrogen and oxygen atoms in total. The predicted octanol–water partition coefficient (Wildman–Crippen LogP) is -0.385. The summed E-state index contributed by atoms with van der Waals surface area (Å²) in [5.41, 5.74) is 0.741. The first-order valence-corrected chi connectivity index (χ1v) is 5.83. The Morgan fingerprint density at radius 1 is 1.44 bits per heavy atom. The molecule has 1 aliphatic heterocycles. The average molecular weight is 246 g/mol. The smallest absolute Gasteiger partial charge is 0.226 e. The van der Waals surface area contributed by atoms with E-state index >= 15 is 0 Å². The summed E-state index contributed by atoms with van der Waals surface area (Å²) in [6.45, 7) is 3.25. The number of nitrogens with zero attached hydrogens (tertiary/aromatic N) is 5. The number of anilines is 1. The minimum absolute atomic E-state index is 0.0427. The molecule has 0 radical (unpaired) electrons. The molecule has 18 heavy (non-hydrogen) atoms. The molecule has 2 aromatic heterocycles. The largest absolute Gasteiger partial charge is 0.359 e. The van der Waals surface area contributed by atoms with Gasteiger partial charge in [0.15, 0.2) is 5.82 Å². The van der Waals surface area contributed by atoms with E-state index in [1.165, 1.54) is 0 Å². The minimum atomic E-state index is 0.0427. The summed E-state index contributed by atoms with van der Waals surface area (Å²) in [5, 5.41) is 10.8. The number of carbonyl (C=O) groups excluding carboxylic acids is 1. The van der Waals surface area contributed by atoms with Crippen molar-refractivity contribution in [3.05, 3.63) is 18.2 Å². The fraction of sp³-hybridized carbons (Fsp3) is 0.455. The molecule has 1 aliphatic rings. The normalized spacial score (nSPS) is 15.8. The van der Waals surface area contributed by atoms with Crippen LogP contribution >= 0.6 is 0 Å². The Morgan fingerprint density at radius 2 is 2.22 bits per heavy atom. The van der Waals surface area contributed by atoms with E-state index in [1.807, 2.05) is 22.4 Å². The van der Waals surface area contributed by atoms with Crippen molar-refractivity contribution in [2.24, 2.45) is 5.92 Å². The molecule has 0 spiro atoms. The zero-order chi connectivity index (χ0) is 12.7. The van der Waals surface area contributed by atoms with Crippen LogP contribution < -0.4 is 10.2 Å². The highest BCUT2D eigenvalue weighted by molar-refractivity contribution is 5.82. The number of hydrogen-bond acceptors (Lipinski definition) is 5. The lowest BCUT2D eigenvalue weighted by Crippen LogP contribution is -2.53. The van der Waals surface area contributed by atoms with E-state index in [2.05, 4.69) is 20.5 Å². The molecule has 7 heteroatoms. The maximum atomic E-state index is 11.4. The zero-order valence-corrected chi connectivity index (χ0v) is 10.3. The number of amides is 1. The van der Waals surface area contributed by atoms with Gasteiger partial charge in [-0.2, -0.15) is 0 Å². The second-order valence-corrected chi connectivity index (χ2v) is 4.41. The zero-order valence-electron chi connectivity index (χ0n) is 10.3. The molecule has 1 amide bonds. The molecule has 1 fully saturated rings. The Morgan fingerprint density at radius 3 is 2.94 bits per heavy atom. The van der Waals surface area contributed by atoms with Crippen molar-refractivity contribution in [3.8, 4) is 0 Å². The van der Waals surface area contributed by atoms with Gasteiger partial charge < -0.3 is 10.2 Å². The number of carbonyl (C=O) groups is 1. The van der Waals surface area contributed by atoms with Crippen molar-refractivity contribution in [2.45, 2.75) is 6.92 Å². The molecule has 3 heterocycles. The summed E-state index contributed by atoms with van der Waals surface area (Å²) in [5.74, 6) is 1.74. The number of aromatic nitrogens is 4. The van der Waals surface area contributed by atoms with Gasteiger partial charge in [-0.25, -0.2) is 4.98 Å².